The van der Waals surface area contributed by atoms with Gasteiger partial charge in [0.15, 0.2) is 0 Å². The zero-order valence-corrected chi connectivity index (χ0v) is 9.02. The maximum atomic E-state index is 5.87. The minimum atomic E-state index is 0.172. The molecule has 3 rings (SSSR count). The van der Waals surface area contributed by atoms with Crippen LogP contribution in [-0.4, -0.2) is 11.5 Å². The Labute approximate surface area is 94.3 Å². The molecule has 0 aliphatic heterocycles. The minimum Gasteiger partial charge on any atom is -0.445 e. The highest BCUT2D eigenvalue weighted by Gasteiger charge is 2.44. The van der Waals surface area contributed by atoms with Crippen molar-refractivity contribution in [3.63, 3.8) is 0 Å². The highest BCUT2D eigenvalue weighted by molar-refractivity contribution is 5.62. The van der Waals surface area contributed by atoms with E-state index in [1.165, 1.54) is 18.4 Å². The smallest absolute Gasteiger partial charge is 0.226 e. The zero-order valence-electron chi connectivity index (χ0n) is 9.02. The molecule has 0 atom stereocenters. The molecule has 1 aliphatic rings. The van der Waals surface area contributed by atoms with Gasteiger partial charge in [-0.05, 0) is 24.5 Å². The first-order valence-electron chi connectivity index (χ1n) is 5.55. The molecule has 1 saturated carbocycles. The Morgan fingerprint density at radius 3 is 2.75 bits per heavy atom. The molecule has 0 saturated heterocycles. The SMILES string of the molecule is NCC1(c2ccccc2-c2ncco2)CC1. The van der Waals surface area contributed by atoms with E-state index in [1.54, 1.807) is 12.5 Å². The molecular weight excluding hydrogens is 200 g/mol. The second-order valence-electron chi connectivity index (χ2n) is 4.37. The number of rotatable bonds is 3. The van der Waals surface area contributed by atoms with E-state index in [1.807, 2.05) is 6.07 Å². The Hall–Kier alpha value is -1.61. The van der Waals surface area contributed by atoms with Crippen LogP contribution in [0.3, 0.4) is 0 Å². The fraction of sp³-hybridized carbons (Fsp3) is 0.308. The van der Waals surface area contributed by atoms with Crippen LogP contribution in [0, 0.1) is 0 Å². The molecule has 1 heterocycles. The second-order valence-corrected chi connectivity index (χ2v) is 4.37. The lowest BCUT2D eigenvalue weighted by Crippen LogP contribution is -2.20. The fourth-order valence-electron chi connectivity index (χ4n) is 2.22. The molecule has 0 radical (unpaired) electrons. The lowest BCUT2D eigenvalue weighted by atomic mass is 9.91. The van der Waals surface area contributed by atoms with Crippen LogP contribution in [-0.2, 0) is 5.41 Å². The van der Waals surface area contributed by atoms with Gasteiger partial charge in [-0.15, -0.1) is 0 Å². The van der Waals surface area contributed by atoms with Gasteiger partial charge in [-0.1, -0.05) is 18.2 Å². The van der Waals surface area contributed by atoms with Gasteiger partial charge < -0.3 is 10.2 Å². The van der Waals surface area contributed by atoms with Crippen molar-refractivity contribution in [1.29, 1.82) is 0 Å². The van der Waals surface area contributed by atoms with E-state index in [2.05, 4.69) is 23.2 Å². The lowest BCUT2D eigenvalue weighted by molar-refractivity contribution is 0.571. The van der Waals surface area contributed by atoms with Crippen molar-refractivity contribution in [1.82, 2.24) is 4.98 Å². The van der Waals surface area contributed by atoms with E-state index in [-0.39, 0.29) is 5.41 Å². The molecule has 1 aromatic heterocycles. The molecule has 82 valence electrons. The van der Waals surface area contributed by atoms with Gasteiger partial charge in [-0.2, -0.15) is 0 Å². The molecule has 3 heteroatoms. The van der Waals surface area contributed by atoms with Crippen molar-refractivity contribution in [2.45, 2.75) is 18.3 Å². The number of benzene rings is 1. The standard InChI is InChI=1S/C13H14N2O/c14-9-13(5-6-13)11-4-2-1-3-10(11)12-15-7-8-16-12/h1-4,7-8H,5-6,9,14H2. The highest BCUT2D eigenvalue weighted by Crippen LogP contribution is 2.50. The van der Waals surface area contributed by atoms with Crippen LogP contribution in [0.4, 0.5) is 0 Å². The topological polar surface area (TPSA) is 52.0 Å². The summed E-state index contributed by atoms with van der Waals surface area (Å²) in [4.78, 5) is 4.22. The first-order valence-corrected chi connectivity index (χ1v) is 5.55. The van der Waals surface area contributed by atoms with E-state index in [4.69, 9.17) is 10.2 Å². The Kier molecular flexibility index (Phi) is 2.07. The molecule has 1 fully saturated rings. The zero-order chi connectivity index (χ0) is 11.0. The van der Waals surface area contributed by atoms with Crippen LogP contribution in [0.1, 0.15) is 18.4 Å². The number of hydrogen-bond acceptors (Lipinski definition) is 3. The van der Waals surface area contributed by atoms with Crippen molar-refractivity contribution in [2.24, 2.45) is 5.73 Å². The average Bonchev–Trinajstić information content (AvgIpc) is 2.95. The summed E-state index contributed by atoms with van der Waals surface area (Å²) in [6.45, 7) is 0.699. The van der Waals surface area contributed by atoms with Gasteiger partial charge in [0.2, 0.25) is 5.89 Å². The number of nitrogens with two attached hydrogens (primary N) is 1. The summed E-state index contributed by atoms with van der Waals surface area (Å²) in [6, 6.07) is 8.25. The summed E-state index contributed by atoms with van der Waals surface area (Å²) < 4.78 is 5.38. The molecule has 1 aromatic carbocycles. The van der Waals surface area contributed by atoms with Crippen molar-refractivity contribution >= 4 is 0 Å². The summed E-state index contributed by atoms with van der Waals surface area (Å²) in [6.07, 6.45) is 5.62. The predicted molar refractivity (Wildman–Crippen MR) is 61.9 cm³/mol. The van der Waals surface area contributed by atoms with Gasteiger partial charge in [-0.3, -0.25) is 0 Å². The maximum absolute atomic E-state index is 5.87. The quantitative estimate of drug-likeness (QED) is 0.853. The third kappa shape index (κ3) is 1.36. The molecule has 1 aliphatic carbocycles. The third-order valence-corrected chi connectivity index (χ3v) is 3.41. The second kappa shape index (κ2) is 3.46. The Morgan fingerprint density at radius 1 is 1.31 bits per heavy atom. The van der Waals surface area contributed by atoms with Crippen molar-refractivity contribution in [2.75, 3.05) is 6.54 Å². The maximum Gasteiger partial charge on any atom is 0.226 e. The van der Waals surface area contributed by atoms with Gasteiger partial charge in [-0.25, -0.2) is 4.98 Å². The molecule has 16 heavy (non-hydrogen) atoms. The van der Waals surface area contributed by atoms with Crippen molar-refractivity contribution in [3.05, 3.63) is 42.3 Å². The molecule has 0 amide bonds. The molecule has 0 spiro atoms. The lowest BCUT2D eigenvalue weighted by Gasteiger charge is -2.15. The number of nitrogens with zero attached hydrogens (tertiary/aromatic N) is 1. The number of aromatic nitrogens is 1. The van der Waals surface area contributed by atoms with E-state index in [0.717, 1.165) is 5.56 Å². The van der Waals surface area contributed by atoms with Gasteiger partial charge in [0.05, 0.1) is 6.20 Å². The monoisotopic (exact) mass is 214 g/mol. The van der Waals surface area contributed by atoms with E-state index >= 15 is 0 Å². The Bertz CT molecular complexity index is 486. The molecule has 2 N–H and O–H groups in total. The largest absolute Gasteiger partial charge is 0.445 e. The van der Waals surface area contributed by atoms with Gasteiger partial charge in [0.1, 0.15) is 6.26 Å². The Morgan fingerprint density at radius 2 is 2.12 bits per heavy atom. The molecular formula is C13H14N2O. The number of hydrogen-bond donors (Lipinski definition) is 1. The third-order valence-electron chi connectivity index (χ3n) is 3.41. The van der Waals surface area contributed by atoms with Crippen LogP contribution in [0.15, 0.2) is 41.1 Å². The first-order chi connectivity index (χ1) is 7.86. The average molecular weight is 214 g/mol. The highest BCUT2D eigenvalue weighted by atomic mass is 16.3. The van der Waals surface area contributed by atoms with Crippen LogP contribution >= 0.6 is 0 Å². The summed E-state index contributed by atoms with van der Waals surface area (Å²) in [5.41, 5.74) is 8.40. The summed E-state index contributed by atoms with van der Waals surface area (Å²) in [5, 5.41) is 0. The predicted octanol–water partition coefficient (Wildman–Crippen LogP) is 2.33. The molecule has 0 bridgehead atoms. The molecule has 2 aromatic rings. The van der Waals surface area contributed by atoms with Gasteiger partial charge in [0.25, 0.3) is 0 Å². The Balaban J connectivity index is 2.12. The molecule has 3 nitrogen and oxygen atoms in total. The van der Waals surface area contributed by atoms with Crippen molar-refractivity contribution in [3.8, 4) is 11.5 Å². The van der Waals surface area contributed by atoms with E-state index in [0.29, 0.717) is 12.4 Å². The molecule has 0 unspecified atom stereocenters. The van der Waals surface area contributed by atoms with Crippen LogP contribution in [0.2, 0.25) is 0 Å². The van der Waals surface area contributed by atoms with E-state index < -0.39 is 0 Å². The normalized spacial score (nSPS) is 17.3. The van der Waals surface area contributed by atoms with Crippen LogP contribution in [0.5, 0.6) is 0 Å². The fourth-order valence-corrected chi connectivity index (χ4v) is 2.22. The summed E-state index contributed by atoms with van der Waals surface area (Å²) in [7, 11) is 0. The van der Waals surface area contributed by atoms with Crippen LogP contribution in [0.25, 0.3) is 11.5 Å². The van der Waals surface area contributed by atoms with Gasteiger partial charge >= 0.3 is 0 Å². The summed E-state index contributed by atoms with van der Waals surface area (Å²) >= 11 is 0. The summed E-state index contributed by atoms with van der Waals surface area (Å²) in [5.74, 6) is 0.690. The number of oxazole rings is 1. The van der Waals surface area contributed by atoms with E-state index in [9.17, 15) is 0 Å². The van der Waals surface area contributed by atoms with Crippen molar-refractivity contribution < 1.29 is 4.42 Å². The minimum absolute atomic E-state index is 0.172. The van der Waals surface area contributed by atoms with Gasteiger partial charge in [0, 0.05) is 17.5 Å². The van der Waals surface area contributed by atoms with Crippen LogP contribution < -0.4 is 5.73 Å². The first kappa shape index (κ1) is 9.60.